The molecule has 0 saturated carbocycles. The van der Waals surface area contributed by atoms with Crippen molar-refractivity contribution in [1.29, 1.82) is 0 Å². The van der Waals surface area contributed by atoms with Crippen LogP contribution in [0, 0.1) is 0 Å². The number of unbranched alkanes of at least 4 members (excludes halogenated alkanes) is 12. The third kappa shape index (κ3) is 10.6. The number of benzene rings is 1. The number of hydrogen-bond acceptors (Lipinski definition) is 0. The summed E-state index contributed by atoms with van der Waals surface area (Å²) < 4.78 is 2.31. The highest BCUT2D eigenvalue weighted by Gasteiger charge is 2.04. The normalized spacial score (nSPS) is 11.0. The Morgan fingerprint density at radius 3 is 1.71 bits per heavy atom. The molecule has 154 valence electrons. The van der Waals surface area contributed by atoms with Gasteiger partial charge in [0.2, 0.25) is 0 Å². The molecule has 0 aliphatic heterocycles. The zero-order chi connectivity index (χ0) is 19.7. The third-order valence-electron chi connectivity index (χ3n) is 5.70. The molecule has 0 aliphatic carbocycles. The van der Waals surface area contributed by atoms with Gasteiger partial charge in [-0.05, 0) is 18.9 Å². The first-order valence-electron chi connectivity index (χ1n) is 11.9. The van der Waals surface area contributed by atoms with Crippen LogP contribution >= 0.6 is 0 Å². The topological polar surface area (TPSA) is 3.88 Å². The van der Waals surface area contributed by atoms with Gasteiger partial charge in [-0.1, -0.05) is 114 Å². The van der Waals surface area contributed by atoms with Crippen LogP contribution in [0.25, 0.3) is 0 Å². The average Bonchev–Trinajstić information content (AvgIpc) is 2.72. The van der Waals surface area contributed by atoms with Crippen molar-refractivity contribution < 1.29 is 4.57 Å². The Kier molecular flexibility index (Phi) is 12.4. The minimum Gasteiger partial charge on any atom is -0.201 e. The summed E-state index contributed by atoms with van der Waals surface area (Å²) in [6.45, 7) is 3.26. The van der Waals surface area contributed by atoms with Crippen molar-refractivity contribution in [3.63, 3.8) is 0 Å². The van der Waals surface area contributed by atoms with Gasteiger partial charge < -0.3 is 0 Å². The fraction of sp³-hybridized carbons (Fsp3) is 0.593. The summed E-state index contributed by atoms with van der Waals surface area (Å²) in [5.41, 5.74) is 2.84. The molecule has 0 spiro atoms. The van der Waals surface area contributed by atoms with Gasteiger partial charge in [-0.2, -0.15) is 0 Å². The summed E-state index contributed by atoms with van der Waals surface area (Å²) >= 11 is 0. The quantitative estimate of drug-likeness (QED) is 0.208. The lowest BCUT2D eigenvalue weighted by Gasteiger charge is -2.04. The molecule has 0 aliphatic rings. The molecule has 0 fully saturated rings. The molecule has 1 aromatic carbocycles. The van der Waals surface area contributed by atoms with Crippen molar-refractivity contribution in [1.82, 2.24) is 0 Å². The van der Waals surface area contributed by atoms with Crippen LogP contribution in [-0.2, 0) is 13.0 Å². The van der Waals surface area contributed by atoms with E-state index in [1.165, 1.54) is 101 Å². The summed E-state index contributed by atoms with van der Waals surface area (Å²) in [5, 5.41) is 0. The molecule has 0 bridgehead atoms. The predicted octanol–water partition coefficient (Wildman–Crippen LogP) is 7.66. The van der Waals surface area contributed by atoms with Gasteiger partial charge in [0, 0.05) is 17.2 Å². The zero-order valence-corrected chi connectivity index (χ0v) is 18.2. The van der Waals surface area contributed by atoms with E-state index in [0.717, 1.165) is 6.54 Å². The van der Waals surface area contributed by atoms with E-state index in [2.05, 4.69) is 66.3 Å². The summed E-state index contributed by atoms with van der Waals surface area (Å²) in [4.78, 5) is 0. The van der Waals surface area contributed by atoms with Gasteiger partial charge in [0.25, 0.3) is 0 Å². The number of aromatic nitrogens is 1. The lowest BCUT2D eigenvalue weighted by molar-refractivity contribution is -0.688. The van der Waals surface area contributed by atoms with E-state index < -0.39 is 0 Å². The predicted molar refractivity (Wildman–Crippen MR) is 122 cm³/mol. The van der Waals surface area contributed by atoms with Crippen molar-refractivity contribution in [2.75, 3.05) is 0 Å². The van der Waals surface area contributed by atoms with E-state index >= 15 is 0 Å². The van der Waals surface area contributed by atoms with Gasteiger partial charge in [0.1, 0.15) is 0 Å². The number of pyridine rings is 1. The molecule has 0 unspecified atom stereocenters. The standard InChI is InChI=1S/C27H42N/c1-2-3-4-5-6-7-8-9-10-11-12-13-15-19-27-22-18-23-28(25-27)24-26-20-16-14-17-21-26/h14,16-18,20-23,25H,2-13,15,19,24H2,1H3/q+1. The maximum absolute atomic E-state index is 2.33. The molecule has 0 amide bonds. The Hall–Kier alpha value is -1.63. The van der Waals surface area contributed by atoms with Crippen LogP contribution in [0.1, 0.15) is 102 Å². The van der Waals surface area contributed by atoms with Crippen molar-refractivity contribution >= 4 is 0 Å². The lowest BCUT2D eigenvalue weighted by Crippen LogP contribution is -2.33. The van der Waals surface area contributed by atoms with E-state index in [0.29, 0.717) is 0 Å². The minimum absolute atomic E-state index is 0.966. The van der Waals surface area contributed by atoms with Gasteiger partial charge in [-0.15, -0.1) is 0 Å². The van der Waals surface area contributed by atoms with Crippen molar-refractivity contribution in [2.24, 2.45) is 0 Å². The fourth-order valence-corrected chi connectivity index (χ4v) is 3.96. The number of nitrogens with zero attached hydrogens (tertiary/aromatic N) is 1. The summed E-state index contributed by atoms with van der Waals surface area (Å²) in [7, 11) is 0. The van der Waals surface area contributed by atoms with Crippen molar-refractivity contribution in [3.05, 3.63) is 66.0 Å². The van der Waals surface area contributed by atoms with E-state index in [-0.39, 0.29) is 0 Å². The number of rotatable bonds is 16. The van der Waals surface area contributed by atoms with E-state index in [4.69, 9.17) is 0 Å². The Bertz CT molecular complexity index is 605. The van der Waals surface area contributed by atoms with Crippen LogP contribution in [0.3, 0.4) is 0 Å². The van der Waals surface area contributed by atoms with Gasteiger partial charge in [-0.25, -0.2) is 4.57 Å². The second kappa shape index (κ2) is 15.3. The molecule has 1 heteroatoms. The van der Waals surface area contributed by atoms with Gasteiger partial charge in [0.05, 0.1) is 0 Å². The van der Waals surface area contributed by atoms with Gasteiger partial charge in [0.15, 0.2) is 18.9 Å². The molecule has 28 heavy (non-hydrogen) atoms. The van der Waals surface area contributed by atoms with Gasteiger partial charge in [-0.3, -0.25) is 0 Å². The molecule has 0 atom stereocenters. The monoisotopic (exact) mass is 380 g/mol. The first-order chi connectivity index (χ1) is 13.9. The highest BCUT2D eigenvalue weighted by Crippen LogP contribution is 2.13. The molecule has 1 nitrogen and oxygen atoms in total. The minimum atomic E-state index is 0.966. The molecule has 0 N–H and O–H groups in total. The van der Waals surface area contributed by atoms with Crippen LogP contribution in [0.15, 0.2) is 54.9 Å². The van der Waals surface area contributed by atoms with E-state index in [1.54, 1.807) is 0 Å². The van der Waals surface area contributed by atoms with Crippen LogP contribution in [0.2, 0.25) is 0 Å². The lowest BCUT2D eigenvalue weighted by atomic mass is 10.0. The Morgan fingerprint density at radius 1 is 0.571 bits per heavy atom. The third-order valence-corrected chi connectivity index (χ3v) is 5.70. The summed E-state index contributed by atoms with van der Waals surface area (Å²) in [6, 6.07) is 15.2. The van der Waals surface area contributed by atoms with Gasteiger partial charge >= 0.3 is 0 Å². The van der Waals surface area contributed by atoms with Crippen molar-refractivity contribution in [3.8, 4) is 0 Å². The molecular weight excluding hydrogens is 338 g/mol. The highest BCUT2D eigenvalue weighted by molar-refractivity contribution is 5.13. The van der Waals surface area contributed by atoms with E-state index in [9.17, 15) is 0 Å². The first-order valence-corrected chi connectivity index (χ1v) is 11.9. The molecule has 0 saturated heterocycles. The van der Waals surface area contributed by atoms with Crippen LogP contribution in [0.5, 0.6) is 0 Å². The molecule has 2 aromatic rings. The Labute approximate surface area is 174 Å². The van der Waals surface area contributed by atoms with E-state index in [1.807, 2.05) is 0 Å². The molecule has 0 radical (unpaired) electrons. The molecule has 1 heterocycles. The fourth-order valence-electron chi connectivity index (χ4n) is 3.96. The number of hydrogen-bond donors (Lipinski definition) is 0. The Balaban J connectivity index is 1.47. The SMILES string of the molecule is CCCCCCCCCCCCCCCc1ccc[n+](Cc2ccccc2)c1. The molecule has 1 aromatic heterocycles. The maximum Gasteiger partial charge on any atom is 0.173 e. The number of aryl methyl sites for hydroxylation is 1. The maximum atomic E-state index is 2.33. The smallest absolute Gasteiger partial charge is 0.173 e. The summed E-state index contributed by atoms with van der Waals surface area (Å²) in [6.07, 6.45) is 24.2. The van der Waals surface area contributed by atoms with Crippen molar-refractivity contribution in [2.45, 2.75) is 103 Å². The first kappa shape index (κ1) is 22.7. The highest BCUT2D eigenvalue weighted by atomic mass is 14.9. The van der Waals surface area contributed by atoms with Crippen LogP contribution in [-0.4, -0.2) is 0 Å². The van der Waals surface area contributed by atoms with Crippen LogP contribution in [0.4, 0.5) is 0 Å². The molecule has 2 rings (SSSR count). The Morgan fingerprint density at radius 2 is 1.11 bits per heavy atom. The second-order valence-electron chi connectivity index (χ2n) is 8.36. The molecular formula is C27H42N+. The van der Waals surface area contributed by atoms with Crippen LogP contribution < -0.4 is 4.57 Å². The largest absolute Gasteiger partial charge is 0.201 e. The summed E-state index contributed by atoms with van der Waals surface area (Å²) in [5.74, 6) is 0. The second-order valence-corrected chi connectivity index (χ2v) is 8.36. The zero-order valence-electron chi connectivity index (χ0n) is 18.2. The average molecular weight is 381 g/mol.